The first-order chi connectivity index (χ1) is 20.9. The number of carbonyl (C=O) groups excluding carboxylic acids is 3. The van der Waals surface area contributed by atoms with E-state index in [1.165, 1.54) is 12.1 Å². The van der Waals surface area contributed by atoms with E-state index in [1.807, 2.05) is 52.0 Å². The molecule has 0 bridgehead atoms. The maximum absolute atomic E-state index is 14.1. The summed E-state index contributed by atoms with van der Waals surface area (Å²) in [5.74, 6) is -2.02. The zero-order chi connectivity index (χ0) is 32.1. The van der Waals surface area contributed by atoms with E-state index < -0.39 is 29.6 Å². The summed E-state index contributed by atoms with van der Waals surface area (Å²) in [5.41, 5.74) is 2.83. The molecular formula is C35H44FN2O6+. The third-order valence-electron chi connectivity index (χ3n) is 7.91. The van der Waals surface area contributed by atoms with Gasteiger partial charge in [-0.25, -0.2) is 14.0 Å². The number of rotatable bonds is 9. The van der Waals surface area contributed by atoms with Crippen LogP contribution in [0.3, 0.4) is 0 Å². The van der Waals surface area contributed by atoms with Gasteiger partial charge in [0.25, 0.3) is 0 Å². The summed E-state index contributed by atoms with van der Waals surface area (Å²) >= 11 is 0. The number of allylic oxidation sites excluding steroid dienone is 1. The highest BCUT2D eigenvalue weighted by atomic mass is 19.1. The minimum Gasteiger partial charge on any atom is -0.463 e. The Kier molecular flexibility index (Phi) is 10.3. The second-order valence-electron chi connectivity index (χ2n) is 12.3. The second-order valence-corrected chi connectivity index (χ2v) is 12.3. The van der Waals surface area contributed by atoms with Crippen molar-refractivity contribution in [2.75, 3.05) is 26.3 Å². The molecule has 0 aliphatic carbocycles. The van der Waals surface area contributed by atoms with Crippen molar-refractivity contribution in [2.24, 2.45) is 0 Å². The van der Waals surface area contributed by atoms with Gasteiger partial charge in [-0.1, -0.05) is 42.0 Å². The second kappa shape index (κ2) is 13.8. The molecule has 0 radical (unpaired) electrons. The molecular weight excluding hydrogens is 563 g/mol. The Labute approximate surface area is 259 Å². The Morgan fingerprint density at radius 2 is 1.43 bits per heavy atom. The van der Waals surface area contributed by atoms with Crippen LogP contribution in [0.1, 0.15) is 76.5 Å². The summed E-state index contributed by atoms with van der Waals surface area (Å²) in [6, 6.07) is 13.8. The van der Waals surface area contributed by atoms with Gasteiger partial charge in [-0.15, -0.1) is 0 Å². The molecule has 4 rings (SSSR count). The summed E-state index contributed by atoms with van der Waals surface area (Å²) in [6.45, 7) is 11.9. The van der Waals surface area contributed by atoms with E-state index in [9.17, 15) is 18.8 Å². The summed E-state index contributed by atoms with van der Waals surface area (Å²) in [6.07, 6.45) is 1.83. The highest BCUT2D eigenvalue weighted by molar-refractivity contribution is 6.00. The molecule has 1 fully saturated rings. The van der Waals surface area contributed by atoms with E-state index in [2.05, 4.69) is 5.32 Å². The van der Waals surface area contributed by atoms with Gasteiger partial charge in [0.15, 0.2) is 0 Å². The van der Waals surface area contributed by atoms with Gasteiger partial charge in [0, 0.05) is 18.5 Å². The first-order valence-corrected chi connectivity index (χ1v) is 15.4. The van der Waals surface area contributed by atoms with Gasteiger partial charge in [-0.2, -0.15) is 9.28 Å². The lowest BCUT2D eigenvalue weighted by Gasteiger charge is -2.39. The maximum atomic E-state index is 14.1. The number of likely N-dealkylation sites (tertiary alicyclic amines) is 1. The fraction of sp³-hybridized carbons (Fsp3) is 0.457. The molecule has 2 aromatic carbocycles. The Hall–Kier alpha value is -3.98. The Balaban J connectivity index is 1.99. The molecule has 2 heterocycles. The zero-order valence-electron chi connectivity index (χ0n) is 26.6. The molecule has 1 N–H and O–H groups in total. The molecule has 1 atom stereocenters. The topological polar surface area (TPSA) is 90.9 Å². The average Bonchev–Trinajstić information content (AvgIpc) is 3.47. The molecule has 236 valence electrons. The maximum Gasteiger partial charge on any atom is 0.523 e. The SMILES string of the molecule is CCOC(=O)C1=C(CCc2ccc(F)cc2)NC([N+]2(C(=O)OC(C)(C)C)CCCC2)=C(C(=O)OCC)C1c1ccc(C)cc1. The quantitative estimate of drug-likeness (QED) is 0.195. The van der Waals surface area contributed by atoms with E-state index in [0.717, 1.165) is 24.0 Å². The number of quaternary nitrogens is 1. The molecule has 0 saturated carbocycles. The molecule has 0 aromatic heterocycles. The highest BCUT2D eigenvalue weighted by Gasteiger charge is 2.54. The predicted octanol–water partition coefficient (Wildman–Crippen LogP) is 6.59. The number of esters is 2. The molecule has 2 aliphatic heterocycles. The molecule has 2 aliphatic rings. The van der Waals surface area contributed by atoms with Crippen molar-refractivity contribution in [3.05, 3.63) is 93.7 Å². The first kappa shape index (κ1) is 32.9. The van der Waals surface area contributed by atoms with Crippen molar-refractivity contribution in [2.45, 2.75) is 78.7 Å². The molecule has 9 heteroatoms. The number of hydrogen-bond acceptors (Lipinski definition) is 7. The van der Waals surface area contributed by atoms with Gasteiger partial charge in [0.05, 0.1) is 37.8 Å². The minimum atomic E-state index is -0.869. The lowest BCUT2D eigenvalue weighted by molar-refractivity contribution is -0.811. The van der Waals surface area contributed by atoms with Crippen LogP contribution in [0.15, 0.2) is 71.2 Å². The molecule has 44 heavy (non-hydrogen) atoms. The Bertz CT molecular complexity index is 1430. The van der Waals surface area contributed by atoms with Gasteiger partial charge in [0.1, 0.15) is 17.0 Å². The number of dihydropyridines is 1. The van der Waals surface area contributed by atoms with Crippen LogP contribution in [0.2, 0.25) is 0 Å². The van der Waals surface area contributed by atoms with E-state index in [0.29, 0.717) is 43.0 Å². The predicted molar refractivity (Wildman–Crippen MR) is 165 cm³/mol. The fourth-order valence-electron chi connectivity index (χ4n) is 5.88. The van der Waals surface area contributed by atoms with Gasteiger partial charge in [-0.05, 0) is 77.6 Å². The van der Waals surface area contributed by atoms with Crippen LogP contribution in [0.25, 0.3) is 0 Å². The largest absolute Gasteiger partial charge is 0.523 e. The summed E-state index contributed by atoms with van der Waals surface area (Å²) in [7, 11) is 0. The number of amides is 1. The van der Waals surface area contributed by atoms with Crippen LogP contribution in [0.4, 0.5) is 9.18 Å². The van der Waals surface area contributed by atoms with Crippen molar-refractivity contribution >= 4 is 18.0 Å². The number of halogens is 1. The van der Waals surface area contributed by atoms with Crippen LogP contribution in [0, 0.1) is 12.7 Å². The fourth-order valence-corrected chi connectivity index (χ4v) is 5.88. The van der Waals surface area contributed by atoms with Gasteiger partial charge in [0.2, 0.25) is 5.82 Å². The number of benzene rings is 2. The van der Waals surface area contributed by atoms with Gasteiger partial charge >= 0.3 is 18.0 Å². The summed E-state index contributed by atoms with van der Waals surface area (Å²) in [5, 5.41) is 3.43. The van der Waals surface area contributed by atoms with Crippen molar-refractivity contribution in [1.29, 1.82) is 0 Å². The molecule has 1 unspecified atom stereocenters. The molecule has 1 saturated heterocycles. The Morgan fingerprint density at radius 1 is 0.864 bits per heavy atom. The van der Waals surface area contributed by atoms with Crippen LogP contribution in [-0.4, -0.2) is 54.4 Å². The Morgan fingerprint density at radius 3 is 1.98 bits per heavy atom. The van der Waals surface area contributed by atoms with Crippen molar-refractivity contribution in [1.82, 2.24) is 5.32 Å². The van der Waals surface area contributed by atoms with Crippen LogP contribution >= 0.6 is 0 Å². The summed E-state index contributed by atoms with van der Waals surface area (Å²) in [4.78, 5) is 42.0. The number of aryl methyl sites for hydroxylation is 2. The van der Waals surface area contributed by atoms with Crippen molar-refractivity contribution in [3.63, 3.8) is 0 Å². The monoisotopic (exact) mass is 607 g/mol. The minimum absolute atomic E-state index is 0.110. The van der Waals surface area contributed by atoms with E-state index in [-0.39, 0.29) is 34.7 Å². The first-order valence-electron chi connectivity index (χ1n) is 15.4. The van der Waals surface area contributed by atoms with Gasteiger partial charge < -0.3 is 19.5 Å². The van der Waals surface area contributed by atoms with E-state index in [1.54, 1.807) is 26.0 Å². The standard InChI is InChI=1S/C35H43FN2O6/c1-7-42-32(39)29-27(20-15-24-13-18-26(36)19-14-24)37-31(38(21-9-10-22-38)34(41)44-35(4,5)6)30(33(40)43-8-2)28(29)25-16-11-23(3)12-17-25/h11-14,16-19,28H,7-10,15,20-22H2,1-6H3/p+1. The molecule has 2 aromatic rings. The lowest BCUT2D eigenvalue weighted by Crippen LogP contribution is -2.57. The third-order valence-corrected chi connectivity index (χ3v) is 7.91. The van der Waals surface area contributed by atoms with Crippen molar-refractivity contribution in [3.8, 4) is 0 Å². The number of nitrogens with one attached hydrogen (secondary N) is 1. The van der Waals surface area contributed by atoms with Crippen LogP contribution < -0.4 is 5.32 Å². The molecule has 0 spiro atoms. The van der Waals surface area contributed by atoms with Gasteiger partial charge in [-0.3, -0.25) is 0 Å². The number of nitrogens with zero attached hydrogens (tertiary/aromatic N) is 1. The van der Waals surface area contributed by atoms with Crippen LogP contribution in [0.5, 0.6) is 0 Å². The average molecular weight is 608 g/mol. The number of carbonyl (C=O) groups is 3. The smallest absolute Gasteiger partial charge is 0.463 e. The number of hydrogen-bond donors (Lipinski definition) is 1. The third kappa shape index (κ3) is 7.21. The van der Waals surface area contributed by atoms with E-state index >= 15 is 0 Å². The normalized spacial score (nSPS) is 18.1. The number of ether oxygens (including phenoxy) is 3. The van der Waals surface area contributed by atoms with E-state index in [4.69, 9.17) is 14.2 Å². The summed E-state index contributed by atoms with van der Waals surface area (Å²) < 4.78 is 30.6. The zero-order valence-corrected chi connectivity index (χ0v) is 26.6. The lowest BCUT2D eigenvalue weighted by atomic mass is 9.79. The molecule has 1 amide bonds. The highest BCUT2D eigenvalue weighted by Crippen LogP contribution is 2.44. The van der Waals surface area contributed by atoms with Crippen LogP contribution in [-0.2, 0) is 30.2 Å². The molecule has 8 nitrogen and oxygen atoms in total. The van der Waals surface area contributed by atoms with Crippen molar-refractivity contribution < 1.29 is 37.5 Å².